The lowest BCUT2D eigenvalue weighted by atomic mass is 10.0. The van der Waals surface area contributed by atoms with E-state index in [1.54, 1.807) is 20.3 Å². The molecule has 5 nitrogen and oxygen atoms in total. The van der Waals surface area contributed by atoms with Gasteiger partial charge in [-0.3, -0.25) is 4.79 Å². The molecule has 1 amide bonds. The summed E-state index contributed by atoms with van der Waals surface area (Å²) in [6.07, 6.45) is 0. The van der Waals surface area contributed by atoms with Crippen molar-refractivity contribution in [2.45, 2.75) is 19.5 Å². The first-order valence-corrected chi connectivity index (χ1v) is 7.41. The number of carbonyl (C=O) groups is 1. The van der Waals surface area contributed by atoms with E-state index in [1.807, 2.05) is 43.3 Å². The van der Waals surface area contributed by atoms with Crippen LogP contribution in [0.15, 0.2) is 42.5 Å². The van der Waals surface area contributed by atoms with E-state index in [1.165, 1.54) is 0 Å². The molecule has 0 aromatic heterocycles. The van der Waals surface area contributed by atoms with Gasteiger partial charge in [-0.1, -0.05) is 24.3 Å². The van der Waals surface area contributed by atoms with Gasteiger partial charge in [-0.15, -0.1) is 0 Å². The second-order valence-corrected chi connectivity index (χ2v) is 5.17. The number of amides is 1. The average molecular weight is 314 g/mol. The molecule has 0 radical (unpaired) electrons. The molecule has 2 aromatic carbocycles. The van der Waals surface area contributed by atoms with Crippen LogP contribution in [0.3, 0.4) is 0 Å². The molecule has 0 aliphatic rings. The van der Waals surface area contributed by atoms with Crippen molar-refractivity contribution in [3.63, 3.8) is 0 Å². The third-order valence-electron chi connectivity index (χ3n) is 3.74. The van der Waals surface area contributed by atoms with Crippen LogP contribution in [0.4, 0.5) is 0 Å². The third-order valence-corrected chi connectivity index (χ3v) is 3.74. The number of hydrogen-bond acceptors (Lipinski definition) is 4. The molecule has 3 N–H and O–H groups in total. The van der Waals surface area contributed by atoms with Crippen molar-refractivity contribution in [3.05, 3.63) is 59.2 Å². The Morgan fingerprint density at radius 1 is 1.13 bits per heavy atom. The third kappa shape index (κ3) is 3.81. The van der Waals surface area contributed by atoms with Crippen LogP contribution in [-0.2, 0) is 6.54 Å². The summed E-state index contributed by atoms with van der Waals surface area (Å²) in [5, 5.41) is 2.99. The van der Waals surface area contributed by atoms with Gasteiger partial charge in [0.1, 0.15) is 0 Å². The zero-order valence-corrected chi connectivity index (χ0v) is 13.6. The molecule has 5 heteroatoms. The van der Waals surface area contributed by atoms with Gasteiger partial charge in [0.25, 0.3) is 5.91 Å². The van der Waals surface area contributed by atoms with Crippen LogP contribution in [0, 0.1) is 0 Å². The molecule has 0 aliphatic carbocycles. The van der Waals surface area contributed by atoms with Gasteiger partial charge in [-0.05, 0) is 36.2 Å². The van der Waals surface area contributed by atoms with E-state index >= 15 is 0 Å². The second-order valence-electron chi connectivity index (χ2n) is 5.17. The maximum absolute atomic E-state index is 12.5. The maximum atomic E-state index is 12.5. The van der Waals surface area contributed by atoms with E-state index in [4.69, 9.17) is 15.2 Å². The molecule has 0 saturated carbocycles. The normalized spacial score (nSPS) is 11.7. The van der Waals surface area contributed by atoms with Gasteiger partial charge in [-0.2, -0.15) is 0 Å². The summed E-state index contributed by atoms with van der Waals surface area (Å²) in [7, 11) is 3.18. The van der Waals surface area contributed by atoms with Gasteiger partial charge in [0.15, 0.2) is 11.5 Å². The average Bonchev–Trinajstić information content (AvgIpc) is 2.60. The number of rotatable bonds is 6. The summed E-state index contributed by atoms with van der Waals surface area (Å²) in [4.78, 5) is 12.5. The zero-order valence-electron chi connectivity index (χ0n) is 13.6. The highest BCUT2D eigenvalue weighted by atomic mass is 16.5. The SMILES string of the molecule is COc1ccc([C@@H](C)NC(=O)c2ccccc2CN)cc1OC. The quantitative estimate of drug-likeness (QED) is 0.859. The summed E-state index contributed by atoms with van der Waals surface area (Å²) in [5.74, 6) is 1.14. The zero-order chi connectivity index (χ0) is 16.8. The Kier molecular flexibility index (Phi) is 5.60. The number of hydrogen-bond donors (Lipinski definition) is 2. The smallest absolute Gasteiger partial charge is 0.252 e. The fourth-order valence-corrected chi connectivity index (χ4v) is 2.40. The van der Waals surface area contributed by atoms with Crippen LogP contribution in [0.25, 0.3) is 0 Å². The van der Waals surface area contributed by atoms with Crippen LogP contribution >= 0.6 is 0 Å². The Bertz CT molecular complexity index is 686. The van der Waals surface area contributed by atoms with E-state index in [9.17, 15) is 4.79 Å². The molecule has 0 unspecified atom stereocenters. The lowest BCUT2D eigenvalue weighted by molar-refractivity contribution is 0.0939. The molecule has 0 heterocycles. The second kappa shape index (κ2) is 7.65. The number of benzene rings is 2. The number of nitrogens with two attached hydrogens (primary N) is 1. The highest BCUT2D eigenvalue weighted by Gasteiger charge is 2.15. The first kappa shape index (κ1) is 16.8. The molecule has 1 atom stereocenters. The predicted molar refractivity (Wildman–Crippen MR) is 89.8 cm³/mol. The standard InChI is InChI=1S/C18H22N2O3/c1-12(13-8-9-16(22-2)17(10-13)23-3)20-18(21)15-7-5-4-6-14(15)11-19/h4-10,12H,11,19H2,1-3H3,(H,20,21)/t12-/m1/s1. The minimum absolute atomic E-state index is 0.145. The molecule has 0 saturated heterocycles. The molecule has 2 rings (SSSR count). The summed E-state index contributed by atoms with van der Waals surface area (Å²) >= 11 is 0. The molecule has 0 aliphatic heterocycles. The Morgan fingerprint density at radius 3 is 2.48 bits per heavy atom. The lowest BCUT2D eigenvalue weighted by Gasteiger charge is -2.17. The van der Waals surface area contributed by atoms with Crippen LogP contribution < -0.4 is 20.5 Å². The van der Waals surface area contributed by atoms with Gasteiger partial charge in [0.2, 0.25) is 0 Å². The van der Waals surface area contributed by atoms with Crippen molar-refractivity contribution in [1.82, 2.24) is 5.32 Å². The molecule has 23 heavy (non-hydrogen) atoms. The van der Waals surface area contributed by atoms with Gasteiger partial charge in [0, 0.05) is 12.1 Å². The van der Waals surface area contributed by atoms with Crippen molar-refractivity contribution in [2.75, 3.05) is 14.2 Å². The topological polar surface area (TPSA) is 73.6 Å². The first-order chi connectivity index (χ1) is 11.1. The number of nitrogens with one attached hydrogen (secondary N) is 1. The van der Waals surface area contributed by atoms with E-state index < -0.39 is 0 Å². The largest absolute Gasteiger partial charge is 0.493 e. The lowest BCUT2D eigenvalue weighted by Crippen LogP contribution is -2.28. The van der Waals surface area contributed by atoms with Crippen molar-refractivity contribution in [1.29, 1.82) is 0 Å². The van der Waals surface area contributed by atoms with E-state index in [0.29, 0.717) is 23.6 Å². The summed E-state index contributed by atoms with van der Waals surface area (Å²) in [5.41, 5.74) is 8.04. The Labute approximate surface area is 136 Å². The first-order valence-electron chi connectivity index (χ1n) is 7.41. The van der Waals surface area contributed by atoms with Gasteiger partial charge in [0.05, 0.1) is 20.3 Å². The molecule has 0 bridgehead atoms. The van der Waals surface area contributed by atoms with E-state index in [-0.39, 0.29) is 11.9 Å². The van der Waals surface area contributed by atoms with Crippen molar-refractivity contribution in [3.8, 4) is 11.5 Å². The monoisotopic (exact) mass is 314 g/mol. The predicted octanol–water partition coefficient (Wildman–Crippen LogP) is 2.65. The van der Waals surface area contributed by atoms with Crippen molar-refractivity contribution in [2.24, 2.45) is 5.73 Å². The van der Waals surface area contributed by atoms with Gasteiger partial charge < -0.3 is 20.5 Å². The number of ether oxygens (including phenoxy) is 2. The molecule has 0 fully saturated rings. The molecular formula is C18H22N2O3. The van der Waals surface area contributed by atoms with E-state index in [2.05, 4.69) is 5.32 Å². The fraction of sp³-hybridized carbons (Fsp3) is 0.278. The molecule has 2 aromatic rings. The Hall–Kier alpha value is -2.53. The summed E-state index contributed by atoms with van der Waals surface area (Å²) in [6.45, 7) is 2.25. The Morgan fingerprint density at radius 2 is 1.83 bits per heavy atom. The van der Waals surface area contributed by atoms with Crippen LogP contribution in [0.5, 0.6) is 11.5 Å². The van der Waals surface area contributed by atoms with Gasteiger partial charge in [-0.25, -0.2) is 0 Å². The fourth-order valence-electron chi connectivity index (χ4n) is 2.40. The molecular weight excluding hydrogens is 292 g/mol. The number of methoxy groups -OCH3 is 2. The molecule has 122 valence electrons. The van der Waals surface area contributed by atoms with Crippen LogP contribution in [0.1, 0.15) is 34.5 Å². The highest BCUT2D eigenvalue weighted by Crippen LogP contribution is 2.30. The maximum Gasteiger partial charge on any atom is 0.252 e. The minimum Gasteiger partial charge on any atom is -0.493 e. The van der Waals surface area contributed by atoms with E-state index in [0.717, 1.165) is 11.1 Å². The molecule has 0 spiro atoms. The Balaban J connectivity index is 2.18. The summed E-state index contributed by atoms with van der Waals surface area (Å²) < 4.78 is 10.5. The van der Waals surface area contributed by atoms with Gasteiger partial charge >= 0.3 is 0 Å². The highest BCUT2D eigenvalue weighted by molar-refractivity contribution is 5.95. The minimum atomic E-state index is -0.173. The van der Waals surface area contributed by atoms with Crippen molar-refractivity contribution >= 4 is 5.91 Å². The summed E-state index contributed by atoms with van der Waals surface area (Å²) in [6, 6.07) is 12.7. The van der Waals surface area contributed by atoms with Crippen molar-refractivity contribution < 1.29 is 14.3 Å². The van der Waals surface area contributed by atoms with Crippen LogP contribution in [0.2, 0.25) is 0 Å². The van der Waals surface area contributed by atoms with Crippen LogP contribution in [-0.4, -0.2) is 20.1 Å². The number of carbonyl (C=O) groups excluding carboxylic acids is 1.